The zero-order valence-electron chi connectivity index (χ0n) is 13.7. The molecule has 0 bridgehead atoms. The van der Waals surface area contributed by atoms with Gasteiger partial charge in [0.05, 0.1) is 13.2 Å². The van der Waals surface area contributed by atoms with Gasteiger partial charge >= 0.3 is 6.03 Å². The van der Waals surface area contributed by atoms with E-state index in [4.69, 9.17) is 4.74 Å². The lowest BCUT2D eigenvalue weighted by Crippen LogP contribution is -2.44. The van der Waals surface area contributed by atoms with Crippen LogP contribution in [-0.4, -0.2) is 56.2 Å². The first-order valence-electron chi connectivity index (χ1n) is 7.70. The molecule has 21 heavy (non-hydrogen) atoms. The second-order valence-electron chi connectivity index (χ2n) is 6.50. The highest BCUT2D eigenvalue weighted by Gasteiger charge is 2.23. The summed E-state index contributed by atoms with van der Waals surface area (Å²) in [5.41, 5.74) is 0.0565. The predicted molar refractivity (Wildman–Crippen MR) is 82.0 cm³/mol. The summed E-state index contributed by atoms with van der Waals surface area (Å²) in [6.07, 6.45) is 0.334. The van der Waals surface area contributed by atoms with Crippen LogP contribution in [0.3, 0.4) is 0 Å². The lowest BCUT2D eigenvalue weighted by molar-refractivity contribution is -0.135. The van der Waals surface area contributed by atoms with Gasteiger partial charge in [0.2, 0.25) is 5.91 Å². The molecule has 0 aromatic carbocycles. The fourth-order valence-electron chi connectivity index (χ4n) is 1.83. The molecule has 1 saturated heterocycles. The molecule has 122 valence electrons. The zero-order valence-corrected chi connectivity index (χ0v) is 13.7. The first kappa shape index (κ1) is 17.8. The minimum absolute atomic E-state index is 0.0565. The Kier molecular flexibility index (Phi) is 6.95. The lowest BCUT2D eigenvalue weighted by atomic mass is 9.81. The quantitative estimate of drug-likeness (QED) is 0.774. The second-order valence-corrected chi connectivity index (χ2v) is 6.50. The molecule has 0 atom stereocenters. The summed E-state index contributed by atoms with van der Waals surface area (Å²) < 4.78 is 5.20. The first-order chi connectivity index (χ1) is 9.83. The third kappa shape index (κ3) is 6.33. The van der Waals surface area contributed by atoms with Gasteiger partial charge in [0.1, 0.15) is 0 Å². The molecule has 1 aliphatic rings. The van der Waals surface area contributed by atoms with Crippen molar-refractivity contribution < 1.29 is 14.3 Å². The Morgan fingerprint density at radius 1 is 1.19 bits per heavy atom. The van der Waals surface area contributed by atoms with Crippen molar-refractivity contribution in [2.45, 2.75) is 34.1 Å². The molecule has 0 spiro atoms. The molecular formula is C15H29N3O3. The van der Waals surface area contributed by atoms with Gasteiger partial charge in [-0.2, -0.15) is 0 Å². The zero-order chi connectivity index (χ0) is 15.9. The van der Waals surface area contributed by atoms with E-state index in [1.807, 2.05) is 0 Å². The third-order valence-corrected chi connectivity index (χ3v) is 4.26. The number of morpholine rings is 1. The van der Waals surface area contributed by atoms with Crippen LogP contribution in [0.15, 0.2) is 0 Å². The number of urea groups is 1. The van der Waals surface area contributed by atoms with Gasteiger partial charge in [0.15, 0.2) is 0 Å². The van der Waals surface area contributed by atoms with Gasteiger partial charge in [-0.3, -0.25) is 4.79 Å². The molecule has 0 saturated carbocycles. The number of nitrogens with one attached hydrogen (secondary N) is 2. The van der Waals surface area contributed by atoms with Crippen molar-refractivity contribution in [3.63, 3.8) is 0 Å². The largest absolute Gasteiger partial charge is 0.378 e. The number of hydrogen-bond donors (Lipinski definition) is 2. The normalized spacial score (nSPS) is 16.0. The number of ether oxygens (including phenoxy) is 1. The molecule has 0 unspecified atom stereocenters. The van der Waals surface area contributed by atoms with Gasteiger partial charge in [-0.1, -0.05) is 27.7 Å². The van der Waals surface area contributed by atoms with Gasteiger partial charge < -0.3 is 20.3 Å². The van der Waals surface area contributed by atoms with Crippen molar-refractivity contribution in [2.24, 2.45) is 11.3 Å². The van der Waals surface area contributed by atoms with E-state index in [-0.39, 0.29) is 17.4 Å². The van der Waals surface area contributed by atoms with E-state index in [1.54, 1.807) is 4.90 Å². The highest BCUT2D eigenvalue weighted by atomic mass is 16.5. The van der Waals surface area contributed by atoms with Crippen LogP contribution in [0.5, 0.6) is 0 Å². The molecule has 1 heterocycles. The van der Waals surface area contributed by atoms with Crippen LogP contribution in [0.2, 0.25) is 0 Å². The van der Waals surface area contributed by atoms with E-state index in [1.165, 1.54) is 0 Å². The van der Waals surface area contributed by atoms with E-state index in [0.717, 1.165) is 0 Å². The lowest BCUT2D eigenvalue weighted by Gasteiger charge is -2.29. The summed E-state index contributed by atoms with van der Waals surface area (Å²) in [5, 5.41) is 5.60. The van der Waals surface area contributed by atoms with Crippen molar-refractivity contribution in [3.05, 3.63) is 0 Å². The maximum Gasteiger partial charge on any atom is 0.314 e. The van der Waals surface area contributed by atoms with Crippen molar-refractivity contribution >= 4 is 11.9 Å². The highest BCUT2D eigenvalue weighted by molar-refractivity contribution is 5.78. The molecule has 6 nitrogen and oxygen atoms in total. The maximum atomic E-state index is 11.9. The number of nitrogens with zero attached hydrogens (tertiary/aromatic N) is 1. The Labute approximate surface area is 127 Å². The third-order valence-electron chi connectivity index (χ3n) is 4.26. The van der Waals surface area contributed by atoms with Crippen LogP contribution >= 0.6 is 0 Å². The molecule has 3 amide bonds. The molecule has 1 rings (SSSR count). The van der Waals surface area contributed by atoms with E-state index >= 15 is 0 Å². The van der Waals surface area contributed by atoms with Crippen molar-refractivity contribution in [3.8, 4) is 0 Å². The molecular weight excluding hydrogens is 270 g/mol. The van der Waals surface area contributed by atoms with Crippen LogP contribution in [0.1, 0.15) is 34.1 Å². The molecule has 0 aromatic heterocycles. The van der Waals surface area contributed by atoms with Gasteiger partial charge in [0, 0.05) is 32.6 Å². The van der Waals surface area contributed by atoms with Gasteiger partial charge in [-0.15, -0.1) is 0 Å². The van der Waals surface area contributed by atoms with Crippen LogP contribution in [-0.2, 0) is 9.53 Å². The SMILES string of the molecule is CC(C)C(C)(C)CNC(=O)NCCC(=O)N1CCOCC1. The summed E-state index contributed by atoms with van der Waals surface area (Å²) in [5.74, 6) is 0.557. The summed E-state index contributed by atoms with van der Waals surface area (Å²) in [4.78, 5) is 25.4. The summed E-state index contributed by atoms with van der Waals surface area (Å²) in [7, 11) is 0. The molecule has 2 N–H and O–H groups in total. The van der Waals surface area contributed by atoms with Gasteiger partial charge in [-0.25, -0.2) is 4.79 Å². The maximum absolute atomic E-state index is 11.9. The number of amides is 3. The number of rotatable bonds is 6. The molecule has 0 aromatic rings. The molecule has 1 fully saturated rings. The topological polar surface area (TPSA) is 70.7 Å². The Bertz CT molecular complexity index is 350. The average molecular weight is 299 g/mol. The molecule has 6 heteroatoms. The van der Waals surface area contributed by atoms with Crippen LogP contribution in [0.25, 0.3) is 0 Å². The van der Waals surface area contributed by atoms with Crippen molar-refractivity contribution in [1.82, 2.24) is 15.5 Å². The van der Waals surface area contributed by atoms with Crippen LogP contribution in [0.4, 0.5) is 4.79 Å². The second kappa shape index (κ2) is 8.22. The van der Waals surface area contributed by atoms with Crippen molar-refractivity contribution in [1.29, 1.82) is 0 Å². The molecule has 1 aliphatic heterocycles. The molecule has 0 radical (unpaired) electrons. The minimum Gasteiger partial charge on any atom is -0.378 e. The van der Waals surface area contributed by atoms with Crippen LogP contribution in [0, 0.1) is 11.3 Å². The fourth-order valence-corrected chi connectivity index (χ4v) is 1.83. The van der Waals surface area contributed by atoms with E-state index in [0.29, 0.717) is 51.7 Å². The monoisotopic (exact) mass is 299 g/mol. The summed E-state index contributed by atoms with van der Waals surface area (Å²) >= 11 is 0. The Morgan fingerprint density at radius 3 is 2.38 bits per heavy atom. The smallest absolute Gasteiger partial charge is 0.314 e. The number of hydrogen-bond acceptors (Lipinski definition) is 3. The fraction of sp³-hybridized carbons (Fsp3) is 0.867. The number of carbonyl (C=O) groups excluding carboxylic acids is 2. The predicted octanol–water partition coefficient (Wildman–Crippen LogP) is 1.22. The minimum atomic E-state index is -0.210. The Balaban J connectivity index is 2.17. The van der Waals surface area contributed by atoms with Crippen LogP contribution < -0.4 is 10.6 Å². The first-order valence-corrected chi connectivity index (χ1v) is 7.70. The van der Waals surface area contributed by atoms with Gasteiger partial charge in [0.25, 0.3) is 0 Å². The number of carbonyl (C=O) groups is 2. The summed E-state index contributed by atoms with van der Waals surface area (Å²) in [6, 6.07) is -0.210. The molecule has 0 aliphatic carbocycles. The average Bonchev–Trinajstić information content (AvgIpc) is 2.46. The van der Waals surface area contributed by atoms with Gasteiger partial charge in [-0.05, 0) is 11.3 Å². The summed E-state index contributed by atoms with van der Waals surface area (Å²) in [6.45, 7) is 12.0. The Morgan fingerprint density at radius 2 is 1.81 bits per heavy atom. The van der Waals surface area contributed by atoms with Crippen molar-refractivity contribution in [2.75, 3.05) is 39.4 Å². The van der Waals surface area contributed by atoms with E-state index in [2.05, 4.69) is 38.3 Å². The standard InChI is InChI=1S/C15H29N3O3/c1-12(2)15(3,4)11-17-14(20)16-6-5-13(19)18-7-9-21-10-8-18/h12H,5-11H2,1-4H3,(H2,16,17,20). The highest BCUT2D eigenvalue weighted by Crippen LogP contribution is 2.24. The van der Waals surface area contributed by atoms with E-state index in [9.17, 15) is 9.59 Å². The van der Waals surface area contributed by atoms with E-state index < -0.39 is 0 Å². The Hall–Kier alpha value is -1.30.